The second-order valence-electron chi connectivity index (χ2n) is 6.56. The Morgan fingerprint density at radius 1 is 0.963 bits per heavy atom. The fourth-order valence-electron chi connectivity index (χ4n) is 2.55. The minimum atomic E-state index is -3.37. The van der Waals surface area contributed by atoms with Crippen LogP contribution in [0.1, 0.15) is 25.0 Å². The topological polar surface area (TPSA) is 101 Å². The minimum Gasteiger partial charge on any atom is -0.480 e. The zero-order chi connectivity index (χ0) is 20.0. The van der Waals surface area contributed by atoms with E-state index in [9.17, 15) is 23.1 Å². The molecule has 2 rings (SSSR count). The van der Waals surface area contributed by atoms with Crippen LogP contribution in [0.25, 0.3) is 0 Å². The van der Waals surface area contributed by atoms with Gasteiger partial charge in [0, 0.05) is 6.42 Å². The molecule has 6 nitrogen and oxygen atoms in total. The van der Waals surface area contributed by atoms with E-state index in [1.165, 1.54) is 12.1 Å². The lowest BCUT2D eigenvalue weighted by Gasteiger charge is -2.15. The minimum absolute atomic E-state index is 0.0272. The number of carboxylic acids is 1. The number of carbonyl (C=O) groups is 2. The van der Waals surface area contributed by atoms with E-state index in [2.05, 4.69) is 5.32 Å². The number of carboxylic acid groups (broad SMARTS) is 1. The van der Waals surface area contributed by atoms with Crippen molar-refractivity contribution in [3.63, 3.8) is 0 Å². The summed E-state index contributed by atoms with van der Waals surface area (Å²) < 4.78 is 24.2. The summed E-state index contributed by atoms with van der Waals surface area (Å²) in [7, 11) is -3.37. The lowest BCUT2D eigenvalue weighted by molar-refractivity contribution is -0.141. The van der Waals surface area contributed by atoms with Crippen molar-refractivity contribution in [1.82, 2.24) is 5.32 Å². The van der Waals surface area contributed by atoms with Crippen LogP contribution in [0.3, 0.4) is 0 Å². The van der Waals surface area contributed by atoms with Crippen LogP contribution in [0.15, 0.2) is 59.5 Å². The monoisotopic (exact) mass is 389 g/mol. The van der Waals surface area contributed by atoms with Crippen LogP contribution in [0.4, 0.5) is 0 Å². The normalized spacial score (nSPS) is 12.6. The standard InChI is InChI=1S/C20H23NO5S/c1-14(2)27(25,26)17-10-8-16(9-11-17)13-19(22)21-18(20(23)24)12-15-6-4-3-5-7-15/h3-11,14,18H,12-13H2,1-2H3,(H,21,22)(H,23,24)/t18-/m1/s1. The van der Waals surface area contributed by atoms with E-state index in [0.717, 1.165) is 5.56 Å². The molecule has 0 aromatic heterocycles. The Hall–Kier alpha value is -2.67. The molecule has 2 N–H and O–H groups in total. The molecule has 0 fully saturated rings. The largest absolute Gasteiger partial charge is 0.480 e. The Labute approximate surface area is 159 Å². The summed E-state index contributed by atoms with van der Waals surface area (Å²) in [6.07, 6.45) is 0.161. The molecule has 1 atom stereocenters. The third kappa shape index (κ3) is 5.65. The molecule has 0 spiro atoms. The van der Waals surface area contributed by atoms with E-state index in [4.69, 9.17) is 0 Å². The Bertz CT molecular complexity index is 890. The third-order valence-corrected chi connectivity index (χ3v) is 6.32. The van der Waals surface area contributed by atoms with Crippen molar-refractivity contribution in [1.29, 1.82) is 0 Å². The van der Waals surface area contributed by atoms with E-state index in [-0.39, 0.29) is 17.7 Å². The molecule has 27 heavy (non-hydrogen) atoms. The van der Waals surface area contributed by atoms with Gasteiger partial charge in [0.25, 0.3) is 0 Å². The van der Waals surface area contributed by atoms with Crippen LogP contribution in [-0.4, -0.2) is 36.7 Å². The molecule has 0 unspecified atom stereocenters. The van der Waals surface area contributed by atoms with E-state index < -0.39 is 33.0 Å². The zero-order valence-electron chi connectivity index (χ0n) is 15.3. The number of nitrogens with one attached hydrogen (secondary N) is 1. The molecule has 0 aliphatic rings. The number of aliphatic carboxylic acids is 1. The fourth-order valence-corrected chi connectivity index (χ4v) is 3.61. The van der Waals surface area contributed by atoms with Crippen LogP contribution in [-0.2, 0) is 32.3 Å². The highest BCUT2D eigenvalue weighted by molar-refractivity contribution is 7.92. The molecule has 0 heterocycles. The van der Waals surface area contributed by atoms with Crippen molar-refractivity contribution in [2.24, 2.45) is 0 Å². The molecular weight excluding hydrogens is 366 g/mol. The average molecular weight is 389 g/mol. The first kappa shape index (κ1) is 20.6. The zero-order valence-corrected chi connectivity index (χ0v) is 16.1. The smallest absolute Gasteiger partial charge is 0.326 e. The first-order valence-electron chi connectivity index (χ1n) is 8.59. The summed E-state index contributed by atoms with van der Waals surface area (Å²) in [4.78, 5) is 23.8. The molecule has 0 radical (unpaired) electrons. The van der Waals surface area contributed by atoms with E-state index in [0.29, 0.717) is 5.56 Å². The molecule has 144 valence electrons. The Kier molecular flexibility index (Phi) is 6.74. The molecule has 0 saturated carbocycles. The predicted molar refractivity (Wildman–Crippen MR) is 102 cm³/mol. The highest BCUT2D eigenvalue weighted by Gasteiger charge is 2.21. The lowest BCUT2D eigenvalue weighted by atomic mass is 10.1. The number of carbonyl (C=O) groups excluding carboxylic acids is 1. The number of rotatable bonds is 8. The molecule has 1 amide bonds. The van der Waals surface area contributed by atoms with Crippen LogP contribution in [0.2, 0.25) is 0 Å². The summed E-state index contributed by atoms with van der Waals surface area (Å²) in [5.41, 5.74) is 1.42. The van der Waals surface area contributed by atoms with Gasteiger partial charge in [0.05, 0.1) is 16.6 Å². The van der Waals surface area contributed by atoms with Gasteiger partial charge >= 0.3 is 5.97 Å². The van der Waals surface area contributed by atoms with Crippen molar-refractivity contribution in [3.8, 4) is 0 Å². The van der Waals surface area contributed by atoms with Crippen molar-refractivity contribution >= 4 is 21.7 Å². The highest BCUT2D eigenvalue weighted by Crippen LogP contribution is 2.16. The second-order valence-corrected chi connectivity index (χ2v) is 9.07. The fraction of sp³-hybridized carbons (Fsp3) is 0.300. The van der Waals surface area contributed by atoms with Gasteiger partial charge in [0.2, 0.25) is 5.91 Å². The van der Waals surface area contributed by atoms with Crippen LogP contribution in [0.5, 0.6) is 0 Å². The summed E-state index contributed by atoms with van der Waals surface area (Å²) in [6, 6.07) is 14.1. The van der Waals surface area contributed by atoms with Gasteiger partial charge in [0.1, 0.15) is 6.04 Å². The predicted octanol–water partition coefficient (Wildman–Crippen LogP) is 2.22. The van der Waals surface area contributed by atoms with Gasteiger partial charge in [-0.15, -0.1) is 0 Å². The molecule has 0 saturated heterocycles. The number of amides is 1. The number of sulfone groups is 1. The van der Waals surface area contributed by atoms with Gasteiger partial charge in [-0.1, -0.05) is 42.5 Å². The first-order valence-corrected chi connectivity index (χ1v) is 10.1. The Morgan fingerprint density at radius 2 is 1.56 bits per heavy atom. The van der Waals surface area contributed by atoms with Crippen molar-refractivity contribution in [2.45, 2.75) is 42.9 Å². The lowest BCUT2D eigenvalue weighted by Crippen LogP contribution is -2.43. The molecule has 7 heteroatoms. The second kappa shape index (κ2) is 8.81. The van der Waals surface area contributed by atoms with Crippen molar-refractivity contribution in [3.05, 3.63) is 65.7 Å². The quantitative estimate of drug-likeness (QED) is 0.721. The van der Waals surface area contributed by atoms with Gasteiger partial charge in [-0.3, -0.25) is 4.79 Å². The Morgan fingerprint density at radius 3 is 2.07 bits per heavy atom. The van der Waals surface area contributed by atoms with Gasteiger partial charge in [-0.2, -0.15) is 0 Å². The maximum atomic E-state index is 12.2. The molecule has 0 aliphatic carbocycles. The highest BCUT2D eigenvalue weighted by atomic mass is 32.2. The summed E-state index contributed by atoms with van der Waals surface area (Å²) in [6.45, 7) is 3.21. The number of benzene rings is 2. The van der Waals surface area contributed by atoms with Gasteiger partial charge in [0.15, 0.2) is 9.84 Å². The van der Waals surface area contributed by atoms with E-state index >= 15 is 0 Å². The van der Waals surface area contributed by atoms with Crippen molar-refractivity contribution < 1.29 is 23.1 Å². The van der Waals surface area contributed by atoms with Crippen molar-refractivity contribution in [2.75, 3.05) is 0 Å². The summed E-state index contributed by atoms with van der Waals surface area (Å²) in [5, 5.41) is 11.3. The summed E-state index contributed by atoms with van der Waals surface area (Å²) >= 11 is 0. The van der Waals surface area contributed by atoms with Crippen LogP contribution < -0.4 is 5.32 Å². The molecule has 0 bridgehead atoms. The van der Waals surface area contributed by atoms with Crippen LogP contribution >= 0.6 is 0 Å². The third-order valence-electron chi connectivity index (χ3n) is 4.15. The Balaban J connectivity index is 2.02. The first-order chi connectivity index (χ1) is 12.7. The maximum Gasteiger partial charge on any atom is 0.326 e. The van der Waals surface area contributed by atoms with Gasteiger partial charge in [-0.05, 0) is 37.1 Å². The molecular formula is C20H23NO5S. The summed E-state index contributed by atoms with van der Waals surface area (Å²) in [5.74, 6) is -1.54. The number of hydrogen-bond acceptors (Lipinski definition) is 4. The average Bonchev–Trinajstić information content (AvgIpc) is 2.62. The van der Waals surface area contributed by atoms with Crippen LogP contribution in [0, 0.1) is 0 Å². The number of hydrogen-bond donors (Lipinski definition) is 2. The molecule has 2 aromatic carbocycles. The van der Waals surface area contributed by atoms with Gasteiger partial charge in [-0.25, -0.2) is 13.2 Å². The molecule has 2 aromatic rings. The van der Waals surface area contributed by atoms with E-state index in [1.54, 1.807) is 38.1 Å². The maximum absolute atomic E-state index is 12.2. The van der Waals surface area contributed by atoms with Gasteiger partial charge < -0.3 is 10.4 Å². The van der Waals surface area contributed by atoms with E-state index in [1.807, 2.05) is 18.2 Å². The molecule has 0 aliphatic heterocycles. The SMILES string of the molecule is CC(C)S(=O)(=O)c1ccc(CC(=O)N[C@H](Cc2ccccc2)C(=O)O)cc1.